The minimum absolute atomic E-state index is 0.387. The van der Waals surface area contributed by atoms with Gasteiger partial charge < -0.3 is 9.47 Å². The van der Waals surface area contributed by atoms with Crippen LogP contribution >= 0.6 is 0 Å². The van der Waals surface area contributed by atoms with Crippen molar-refractivity contribution in [1.29, 1.82) is 5.26 Å². The summed E-state index contributed by atoms with van der Waals surface area (Å²) in [6.07, 6.45) is 2.21. The van der Waals surface area contributed by atoms with Gasteiger partial charge in [0.15, 0.2) is 0 Å². The quantitative estimate of drug-likeness (QED) is 0.791. The SMILES string of the molecule is CCNC(C#N)(COc1cccc(COC)c1)C1CC1. The summed E-state index contributed by atoms with van der Waals surface area (Å²) in [5.74, 6) is 1.20. The molecule has 1 atom stereocenters. The molecule has 0 aromatic heterocycles. The molecule has 0 radical (unpaired) electrons. The third-order valence-electron chi connectivity index (χ3n) is 3.64. The van der Waals surface area contributed by atoms with E-state index in [1.807, 2.05) is 31.2 Å². The highest BCUT2D eigenvalue weighted by Crippen LogP contribution is 2.39. The first-order valence-electron chi connectivity index (χ1n) is 7.11. The molecule has 0 aliphatic heterocycles. The first-order chi connectivity index (χ1) is 9.74. The molecule has 0 spiro atoms. The first kappa shape index (κ1) is 14.8. The lowest BCUT2D eigenvalue weighted by atomic mass is 9.96. The Hall–Kier alpha value is -1.57. The molecular weight excluding hydrogens is 252 g/mol. The van der Waals surface area contributed by atoms with E-state index in [-0.39, 0.29) is 0 Å². The number of hydrogen-bond donors (Lipinski definition) is 1. The van der Waals surface area contributed by atoms with E-state index < -0.39 is 5.54 Å². The van der Waals surface area contributed by atoms with Gasteiger partial charge in [0.1, 0.15) is 17.9 Å². The Labute approximate surface area is 120 Å². The lowest BCUT2D eigenvalue weighted by Gasteiger charge is -2.27. The van der Waals surface area contributed by atoms with Crippen molar-refractivity contribution in [1.82, 2.24) is 5.32 Å². The fourth-order valence-corrected chi connectivity index (χ4v) is 2.46. The van der Waals surface area contributed by atoms with E-state index in [1.165, 1.54) is 0 Å². The molecule has 1 aliphatic carbocycles. The highest BCUT2D eigenvalue weighted by molar-refractivity contribution is 5.29. The maximum absolute atomic E-state index is 9.52. The predicted molar refractivity (Wildman–Crippen MR) is 77.4 cm³/mol. The summed E-state index contributed by atoms with van der Waals surface area (Å²) in [4.78, 5) is 0. The molecule has 1 aliphatic rings. The van der Waals surface area contributed by atoms with E-state index in [0.29, 0.717) is 19.1 Å². The molecule has 1 unspecified atom stereocenters. The molecule has 20 heavy (non-hydrogen) atoms. The van der Waals surface area contributed by atoms with Crippen molar-refractivity contribution in [2.24, 2.45) is 5.92 Å². The largest absolute Gasteiger partial charge is 0.491 e. The van der Waals surface area contributed by atoms with Crippen LogP contribution in [0.2, 0.25) is 0 Å². The van der Waals surface area contributed by atoms with Crippen LogP contribution < -0.4 is 10.1 Å². The molecular formula is C16H22N2O2. The number of hydrogen-bond acceptors (Lipinski definition) is 4. The van der Waals surface area contributed by atoms with Gasteiger partial charge in [-0.2, -0.15) is 5.26 Å². The Balaban J connectivity index is 2.02. The van der Waals surface area contributed by atoms with E-state index in [1.54, 1.807) is 7.11 Å². The Morgan fingerprint density at radius 3 is 2.85 bits per heavy atom. The van der Waals surface area contributed by atoms with E-state index in [9.17, 15) is 5.26 Å². The van der Waals surface area contributed by atoms with Crippen LogP contribution in [0, 0.1) is 17.2 Å². The monoisotopic (exact) mass is 274 g/mol. The van der Waals surface area contributed by atoms with Crippen LogP contribution in [-0.2, 0) is 11.3 Å². The van der Waals surface area contributed by atoms with Crippen LogP contribution in [0.5, 0.6) is 5.75 Å². The average Bonchev–Trinajstić information content (AvgIpc) is 3.29. The van der Waals surface area contributed by atoms with Crippen LogP contribution in [0.15, 0.2) is 24.3 Å². The topological polar surface area (TPSA) is 54.3 Å². The number of ether oxygens (including phenoxy) is 2. The average molecular weight is 274 g/mol. The molecule has 0 heterocycles. The highest BCUT2D eigenvalue weighted by atomic mass is 16.5. The zero-order valence-corrected chi connectivity index (χ0v) is 12.2. The van der Waals surface area contributed by atoms with E-state index in [0.717, 1.165) is 30.7 Å². The highest BCUT2D eigenvalue weighted by Gasteiger charge is 2.46. The van der Waals surface area contributed by atoms with Gasteiger partial charge in [0, 0.05) is 7.11 Å². The number of methoxy groups -OCH3 is 1. The van der Waals surface area contributed by atoms with Gasteiger partial charge in [-0.3, -0.25) is 5.32 Å². The van der Waals surface area contributed by atoms with Gasteiger partial charge in [0.05, 0.1) is 12.7 Å². The van der Waals surface area contributed by atoms with Crippen molar-refractivity contribution in [2.75, 3.05) is 20.3 Å². The van der Waals surface area contributed by atoms with Crippen molar-refractivity contribution in [3.63, 3.8) is 0 Å². The lowest BCUT2D eigenvalue weighted by Crippen LogP contribution is -2.50. The summed E-state index contributed by atoms with van der Waals surface area (Å²) in [5.41, 5.74) is 0.522. The number of benzene rings is 1. The zero-order chi connectivity index (χ0) is 14.4. The number of nitriles is 1. The van der Waals surface area contributed by atoms with Crippen molar-refractivity contribution < 1.29 is 9.47 Å². The van der Waals surface area contributed by atoms with Crippen molar-refractivity contribution in [2.45, 2.75) is 31.9 Å². The minimum atomic E-state index is -0.550. The molecule has 1 fully saturated rings. The number of rotatable bonds is 8. The fraction of sp³-hybridized carbons (Fsp3) is 0.562. The van der Waals surface area contributed by atoms with Crippen molar-refractivity contribution in [3.8, 4) is 11.8 Å². The van der Waals surface area contributed by atoms with Gasteiger partial charge in [-0.05, 0) is 43.0 Å². The molecule has 1 saturated carbocycles. The van der Waals surface area contributed by atoms with Crippen LogP contribution in [-0.4, -0.2) is 25.8 Å². The van der Waals surface area contributed by atoms with Gasteiger partial charge in [0.25, 0.3) is 0 Å². The van der Waals surface area contributed by atoms with Crippen molar-refractivity contribution >= 4 is 0 Å². The second kappa shape index (κ2) is 6.74. The van der Waals surface area contributed by atoms with Gasteiger partial charge in [-0.15, -0.1) is 0 Å². The molecule has 0 saturated heterocycles. The number of likely N-dealkylation sites (N-methyl/N-ethyl adjacent to an activating group) is 1. The summed E-state index contributed by atoms with van der Waals surface area (Å²) >= 11 is 0. The zero-order valence-electron chi connectivity index (χ0n) is 12.2. The number of nitrogens with zero attached hydrogens (tertiary/aromatic N) is 1. The second-order valence-corrected chi connectivity index (χ2v) is 5.26. The first-order valence-corrected chi connectivity index (χ1v) is 7.11. The lowest BCUT2D eigenvalue weighted by molar-refractivity contribution is 0.183. The normalized spacial score (nSPS) is 17.2. The van der Waals surface area contributed by atoms with Crippen LogP contribution in [0.1, 0.15) is 25.3 Å². The molecule has 1 aromatic carbocycles. The fourth-order valence-electron chi connectivity index (χ4n) is 2.46. The maximum atomic E-state index is 9.52. The van der Waals surface area contributed by atoms with Crippen LogP contribution in [0.4, 0.5) is 0 Å². The third kappa shape index (κ3) is 3.50. The van der Waals surface area contributed by atoms with E-state index in [2.05, 4.69) is 11.4 Å². The molecule has 4 heteroatoms. The molecule has 0 amide bonds. The van der Waals surface area contributed by atoms with Gasteiger partial charge in [0.2, 0.25) is 0 Å². The summed E-state index contributed by atoms with van der Waals surface area (Å²) in [6, 6.07) is 10.3. The Bertz CT molecular complexity index is 480. The van der Waals surface area contributed by atoms with E-state index in [4.69, 9.17) is 9.47 Å². The number of nitrogens with one attached hydrogen (secondary N) is 1. The second-order valence-electron chi connectivity index (χ2n) is 5.26. The third-order valence-corrected chi connectivity index (χ3v) is 3.64. The maximum Gasteiger partial charge on any atom is 0.143 e. The van der Waals surface area contributed by atoms with Crippen molar-refractivity contribution in [3.05, 3.63) is 29.8 Å². The molecule has 0 bridgehead atoms. The van der Waals surface area contributed by atoms with Crippen LogP contribution in [0.3, 0.4) is 0 Å². The van der Waals surface area contributed by atoms with Gasteiger partial charge >= 0.3 is 0 Å². The molecule has 1 N–H and O–H groups in total. The summed E-state index contributed by atoms with van der Waals surface area (Å²) in [6.45, 7) is 3.75. The van der Waals surface area contributed by atoms with Crippen LogP contribution in [0.25, 0.3) is 0 Å². The smallest absolute Gasteiger partial charge is 0.143 e. The molecule has 108 valence electrons. The predicted octanol–water partition coefficient (Wildman–Crippen LogP) is 2.49. The molecule has 4 nitrogen and oxygen atoms in total. The molecule has 2 rings (SSSR count). The van der Waals surface area contributed by atoms with E-state index >= 15 is 0 Å². The van der Waals surface area contributed by atoms with Gasteiger partial charge in [-0.1, -0.05) is 19.1 Å². The molecule has 1 aromatic rings. The Morgan fingerprint density at radius 1 is 1.45 bits per heavy atom. The Kier molecular flexibility index (Phi) is 4.99. The minimum Gasteiger partial charge on any atom is -0.491 e. The van der Waals surface area contributed by atoms with Gasteiger partial charge in [-0.25, -0.2) is 0 Å². The Morgan fingerprint density at radius 2 is 2.25 bits per heavy atom. The summed E-state index contributed by atoms with van der Waals surface area (Å²) in [5, 5.41) is 12.8. The summed E-state index contributed by atoms with van der Waals surface area (Å²) < 4.78 is 11.0. The summed E-state index contributed by atoms with van der Waals surface area (Å²) in [7, 11) is 1.67. The standard InChI is InChI=1S/C16H22N2O2/c1-3-18-16(11-17,14-7-8-14)12-20-15-6-4-5-13(9-15)10-19-2/h4-6,9,14,18H,3,7-8,10,12H2,1-2H3.